The van der Waals surface area contributed by atoms with Crippen molar-refractivity contribution in [2.75, 3.05) is 12.4 Å². The Kier molecular flexibility index (Phi) is 3.89. The molecule has 1 heterocycles. The standard InChI is InChI=1S/C13H11F3N2O/c1-19-12-3-2-8(6-17-12)7-18-13-10(15)4-9(14)5-11(13)16/h2-6,18H,7H2,1H3. The van der Waals surface area contributed by atoms with Gasteiger partial charge in [-0.15, -0.1) is 0 Å². The fourth-order valence-electron chi connectivity index (χ4n) is 1.54. The number of nitrogens with one attached hydrogen (secondary N) is 1. The van der Waals surface area contributed by atoms with Gasteiger partial charge in [0.05, 0.1) is 7.11 Å². The number of nitrogens with zero attached hydrogens (tertiary/aromatic N) is 1. The molecule has 0 aliphatic rings. The van der Waals surface area contributed by atoms with E-state index in [1.165, 1.54) is 13.3 Å². The molecule has 0 atom stereocenters. The predicted molar refractivity (Wildman–Crippen MR) is 64.4 cm³/mol. The van der Waals surface area contributed by atoms with Gasteiger partial charge in [-0.25, -0.2) is 18.2 Å². The number of methoxy groups -OCH3 is 1. The van der Waals surface area contributed by atoms with E-state index in [2.05, 4.69) is 10.3 Å². The first-order valence-electron chi connectivity index (χ1n) is 5.47. The fraction of sp³-hybridized carbons (Fsp3) is 0.154. The second-order valence-electron chi connectivity index (χ2n) is 3.81. The molecule has 0 aliphatic heterocycles. The lowest BCUT2D eigenvalue weighted by Gasteiger charge is -2.09. The highest BCUT2D eigenvalue weighted by atomic mass is 19.1. The fourth-order valence-corrected chi connectivity index (χ4v) is 1.54. The highest BCUT2D eigenvalue weighted by Gasteiger charge is 2.10. The van der Waals surface area contributed by atoms with Gasteiger partial charge in [-0.1, -0.05) is 6.07 Å². The van der Waals surface area contributed by atoms with Gasteiger partial charge in [0, 0.05) is 30.9 Å². The van der Waals surface area contributed by atoms with Gasteiger partial charge < -0.3 is 10.1 Å². The summed E-state index contributed by atoms with van der Waals surface area (Å²) < 4.78 is 44.3. The van der Waals surface area contributed by atoms with Gasteiger partial charge in [-0.3, -0.25) is 0 Å². The lowest BCUT2D eigenvalue weighted by molar-refractivity contribution is 0.397. The summed E-state index contributed by atoms with van der Waals surface area (Å²) in [6.07, 6.45) is 1.52. The van der Waals surface area contributed by atoms with Crippen LogP contribution in [0.2, 0.25) is 0 Å². The number of halogens is 3. The van der Waals surface area contributed by atoms with Gasteiger partial charge in [0.1, 0.15) is 11.5 Å². The number of hydrogen-bond donors (Lipinski definition) is 1. The number of aromatic nitrogens is 1. The average Bonchev–Trinajstić information content (AvgIpc) is 2.38. The molecule has 2 rings (SSSR count). The highest BCUT2D eigenvalue weighted by Crippen LogP contribution is 2.21. The number of benzene rings is 1. The number of ether oxygens (including phenoxy) is 1. The topological polar surface area (TPSA) is 34.1 Å². The van der Waals surface area contributed by atoms with E-state index in [1.807, 2.05) is 0 Å². The lowest BCUT2D eigenvalue weighted by atomic mass is 10.2. The predicted octanol–water partition coefficient (Wildman–Crippen LogP) is 3.12. The van der Waals surface area contributed by atoms with E-state index in [1.54, 1.807) is 12.1 Å². The van der Waals surface area contributed by atoms with Gasteiger partial charge >= 0.3 is 0 Å². The van der Waals surface area contributed by atoms with Crippen LogP contribution in [0.3, 0.4) is 0 Å². The third kappa shape index (κ3) is 3.15. The molecule has 2 aromatic rings. The minimum absolute atomic E-state index is 0.163. The van der Waals surface area contributed by atoms with Crippen molar-refractivity contribution in [1.29, 1.82) is 0 Å². The van der Waals surface area contributed by atoms with Gasteiger partial charge in [0.2, 0.25) is 5.88 Å². The van der Waals surface area contributed by atoms with Gasteiger partial charge in [-0.2, -0.15) is 0 Å². The second kappa shape index (κ2) is 5.60. The Bertz CT molecular complexity index is 550. The molecule has 19 heavy (non-hydrogen) atoms. The number of pyridine rings is 1. The summed E-state index contributed by atoms with van der Waals surface area (Å²) in [6, 6.07) is 4.59. The molecular formula is C13H11F3N2O. The Morgan fingerprint density at radius 1 is 1.16 bits per heavy atom. The largest absolute Gasteiger partial charge is 0.481 e. The lowest BCUT2D eigenvalue weighted by Crippen LogP contribution is -2.05. The molecule has 6 heteroatoms. The zero-order chi connectivity index (χ0) is 13.8. The van der Waals surface area contributed by atoms with Gasteiger partial charge in [0.15, 0.2) is 11.6 Å². The van der Waals surface area contributed by atoms with Gasteiger partial charge in [0.25, 0.3) is 0 Å². The molecule has 0 amide bonds. The van der Waals surface area contributed by atoms with Gasteiger partial charge in [-0.05, 0) is 5.56 Å². The summed E-state index contributed by atoms with van der Waals surface area (Å²) in [5.74, 6) is -2.45. The van der Waals surface area contributed by atoms with Crippen LogP contribution >= 0.6 is 0 Å². The molecule has 1 aromatic heterocycles. The monoisotopic (exact) mass is 268 g/mol. The molecule has 0 aliphatic carbocycles. The van der Waals surface area contributed by atoms with Crippen LogP contribution in [0.1, 0.15) is 5.56 Å². The van der Waals surface area contributed by atoms with E-state index in [-0.39, 0.29) is 12.2 Å². The maximum atomic E-state index is 13.4. The van der Waals surface area contributed by atoms with Crippen LogP contribution in [-0.2, 0) is 6.54 Å². The third-order valence-corrected chi connectivity index (χ3v) is 2.48. The third-order valence-electron chi connectivity index (χ3n) is 2.48. The van der Waals surface area contributed by atoms with Crippen LogP contribution in [0.15, 0.2) is 30.5 Å². The van der Waals surface area contributed by atoms with E-state index in [0.29, 0.717) is 23.6 Å². The normalized spacial score (nSPS) is 10.3. The number of anilines is 1. The Morgan fingerprint density at radius 2 is 1.84 bits per heavy atom. The minimum atomic E-state index is -0.973. The maximum Gasteiger partial charge on any atom is 0.212 e. The molecule has 0 fully saturated rings. The quantitative estimate of drug-likeness (QED) is 0.925. The first-order valence-corrected chi connectivity index (χ1v) is 5.47. The number of rotatable bonds is 4. The minimum Gasteiger partial charge on any atom is -0.481 e. The van der Waals surface area contributed by atoms with E-state index in [4.69, 9.17) is 4.74 Å². The number of hydrogen-bond acceptors (Lipinski definition) is 3. The van der Waals surface area contributed by atoms with Crippen LogP contribution in [0.5, 0.6) is 5.88 Å². The Hall–Kier alpha value is -2.24. The SMILES string of the molecule is COc1ccc(CNc2c(F)cc(F)cc2F)cn1. The van der Waals surface area contributed by atoms with Crippen molar-refractivity contribution in [1.82, 2.24) is 4.98 Å². The highest BCUT2D eigenvalue weighted by molar-refractivity contribution is 5.46. The molecule has 100 valence electrons. The van der Waals surface area contributed by atoms with E-state index >= 15 is 0 Å². The summed E-state index contributed by atoms with van der Waals surface area (Å²) in [5, 5.41) is 2.56. The van der Waals surface area contributed by atoms with Crippen LogP contribution in [0, 0.1) is 17.5 Å². The summed E-state index contributed by atoms with van der Waals surface area (Å²) in [7, 11) is 1.49. The van der Waals surface area contributed by atoms with Crippen molar-refractivity contribution in [2.24, 2.45) is 0 Å². The first kappa shape index (κ1) is 13.2. The molecule has 3 nitrogen and oxygen atoms in total. The zero-order valence-corrected chi connectivity index (χ0v) is 10.1. The van der Waals surface area contributed by atoms with Crippen molar-refractivity contribution in [3.05, 3.63) is 53.5 Å². The zero-order valence-electron chi connectivity index (χ0n) is 10.1. The van der Waals surface area contributed by atoms with E-state index in [0.717, 1.165) is 0 Å². The van der Waals surface area contributed by atoms with Crippen LogP contribution in [0.25, 0.3) is 0 Å². The van der Waals surface area contributed by atoms with Crippen molar-refractivity contribution in [3.63, 3.8) is 0 Å². The smallest absolute Gasteiger partial charge is 0.212 e. The molecule has 0 spiro atoms. The molecule has 0 saturated carbocycles. The summed E-state index contributed by atoms with van der Waals surface area (Å²) in [5.41, 5.74) is 0.348. The van der Waals surface area contributed by atoms with Crippen LogP contribution < -0.4 is 10.1 Å². The molecule has 1 N–H and O–H groups in total. The maximum absolute atomic E-state index is 13.4. The average molecular weight is 268 g/mol. The summed E-state index contributed by atoms with van der Waals surface area (Å²) >= 11 is 0. The second-order valence-corrected chi connectivity index (χ2v) is 3.81. The van der Waals surface area contributed by atoms with Crippen LogP contribution in [0.4, 0.5) is 18.9 Å². The summed E-state index contributed by atoms with van der Waals surface area (Å²) in [6.45, 7) is 0.163. The van der Waals surface area contributed by atoms with E-state index < -0.39 is 17.5 Å². The first-order chi connectivity index (χ1) is 9.10. The van der Waals surface area contributed by atoms with Crippen molar-refractivity contribution >= 4 is 5.69 Å². The van der Waals surface area contributed by atoms with Crippen LogP contribution in [-0.4, -0.2) is 12.1 Å². The molecule has 0 radical (unpaired) electrons. The summed E-state index contributed by atoms with van der Waals surface area (Å²) in [4.78, 5) is 3.96. The molecule has 0 saturated heterocycles. The molecule has 0 bridgehead atoms. The van der Waals surface area contributed by atoms with Crippen molar-refractivity contribution in [3.8, 4) is 5.88 Å². The molecule has 1 aromatic carbocycles. The van der Waals surface area contributed by atoms with E-state index in [9.17, 15) is 13.2 Å². The van der Waals surface area contributed by atoms with Crippen molar-refractivity contribution < 1.29 is 17.9 Å². The Morgan fingerprint density at radius 3 is 2.37 bits per heavy atom. The van der Waals surface area contributed by atoms with Crippen molar-refractivity contribution in [2.45, 2.75) is 6.54 Å². The Labute approximate surface area is 108 Å². The molecule has 0 unspecified atom stereocenters. The molecular weight excluding hydrogens is 257 g/mol. The Balaban J connectivity index is 2.10.